The summed E-state index contributed by atoms with van der Waals surface area (Å²) in [7, 11) is 0. The SMILES string of the molecule is C=CC(=O)OC(C)(C)CC(C)(C)Oc1ccc(C(=O)Oc2cc(C)c(OC(=O)c3ccc(OC(C)(C)CC(C)(C)OC(=O)C=C)c(OC(C)(C)CC(C)(C)OC(=O)C=C)c3)c(C=N)c2)cc1. The average molecular weight is 912 g/mol. The van der Waals surface area contributed by atoms with E-state index in [4.69, 9.17) is 43.3 Å². The van der Waals surface area contributed by atoms with Crippen molar-refractivity contribution in [2.24, 2.45) is 0 Å². The molecule has 14 nitrogen and oxygen atoms in total. The van der Waals surface area contributed by atoms with Gasteiger partial charge in [-0.15, -0.1) is 0 Å². The molecule has 0 unspecified atom stereocenters. The summed E-state index contributed by atoms with van der Waals surface area (Å²) in [5.74, 6) is -2.10. The molecule has 3 aromatic carbocycles. The average Bonchev–Trinajstić information content (AvgIpc) is 3.16. The molecule has 0 aromatic heterocycles. The Hall–Kier alpha value is -6.70. The molecule has 3 aromatic rings. The van der Waals surface area contributed by atoms with Gasteiger partial charge in [0.1, 0.15) is 50.9 Å². The van der Waals surface area contributed by atoms with E-state index < -0.39 is 63.5 Å². The van der Waals surface area contributed by atoms with Crippen LogP contribution in [0.25, 0.3) is 0 Å². The van der Waals surface area contributed by atoms with Gasteiger partial charge in [-0.1, -0.05) is 19.7 Å². The number of aryl methyl sites for hydroxylation is 1. The second-order valence-corrected chi connectivity index (χ2v) is 19.5. The quantitative estimate of drug-likeness (QED) is 0.0312. The highest BCUT2D eigenvalue weighted by atomic mass is 16.6. The Morgan fingerprint density at radius 3 is 1.35 bits per heavy atom. The van der Waals surface area contributed by atoms with Gasteiger partial charge in [0, 0.05) is 49.3 Å². The van der Waals surface area contributed by atoms with Gasteiger partial charge in [-0.25, -0.2) is 24.0 Å². The second-order valence-electron chi connectivity index (χ2n) is 19.5. The van der Waals surface area contributed by atoms with Crippen molar-refractivity contribution in [1.29, 1.82) is 5.41 Å². The summed E-state index contributed by atoms with van der Waals surface area (Å²) < 4.78 is 47.3. The summed E-state index contributed by atoms with van der Waals surface area (Å²) in [6.07, 6.45) is 5.09. The highest BCUT2D eigenvalue weighted by Crippen LogP contribution is 2.39. The van der Waals surface area contributed by atoms with Crippen LogP contribution in [0.3, 0.4) is 0 Å². The minimum absolute atomic E-state index is 0.0627. The Morgan fingerprint density at radius 1 is 0.500 bits per heavy atom. The van der Waals surface area contributed by atoms with Crippen molar-refractivity contribution in [2.75, 3.05) is 0 Å². The summed E-state index contributed by atoms with van der Waals surface area (Å²) in [5, 5.41) is 8.14. The van der Waals surface area contributed by atoms with Gasteiger partial charge < -0.3 is 43.3 Å². The third-order valence-electron chi connectivity index (χ3n) is 9.46. The lowest BCUT2D eigenvalue weighted by molar-refractivity contribution is -0.155. The maximum absolute atomic E-state index is 13.9. The smallest absolute Gasteiger partial charge is 0.343 e. The minimum atomic E-state index is -1.000. The number of carbonyl (C=O) groups excluding carboxylic acids is 5. The molecule has 0 aliphatic heterocycles. The minimum Gasteiger partial charge on any atom is -0.488 e. The van der Waals surface area contributed by atoms with E-state index in [9.17, 15) is 24.0 Å². The normalized spacial score (nSPS) is 12.1. The van der Waals surface area contributed by atoms with Crippen LogP contribution < -0.4 is 23.7 Å². The van der Waals surface area contributed by atoms with E-state index >= 15 is 0 Å². The first-order valence-electron chi connectivity index (χ1n) is 21.3. The third kappa shape index (κ3) is 16.7. The molecule has 1 N–H and O–H groups in total. The van der Waals surface area contributed by atoms with Crippen LogP contribution in [-0.4, -0.2) is 69.7 Å². The first kappa shape index (κ1) is 53.6. The van der Waals surface area contributed by atoms with Gasteiger partial charge in [-0.05, 0) is 150 Å². The maximum Gasteiger partial charge on any atom is 0.343 e. The van der Waals surface area contributed by atoms with Crippen molar-refractivity contribution in [2.45, 2.75) is 143 Å². The van der Waals surface area contributed by atoms with Crippen molar-refractivity contribution in [3.63, 3.8) is 0 Å². The van der Waals surface area contributed by atoms with Gasteiger partial charge in [-0.2, -0.15) is 0 Å². The zero-order valence-electron chi connectivity index (χ0n) is 40.6. The van der Waals surface area contributed by atoms with Crippen LogP contribution in [0.5, 0.6) is 28.7 Å². The Labute approximate surface area is 388 Å². The number of rotatable bonds is 23. The molecular weight excluding hydrogens is 847 g/mol. The number of ether oxygens (including phenoxy) is 8. The lowest BCUT2D eigenvalue weighted by Gasteiger charge is -2.37. The first-order valence-corrected chi connectivity index (χ1v) is 21.3. The van der Waals surface area contributed by atoms with Gasteiger partial charge in [0.05, 0.1) is 11.1 Å². The van der Waals surface area contributed by atoms with Crippen molar-refractivity contribution in [3.05, 3.63) is 115 Å². The van der Waals surface area contributed by atoms with Crippen molar-refractivity contribution < 1.29 is 61.9 Å². The topological polar surface area (TPSA) is 183 Å². The van der Waals surface area contributed by atoms with Crippen LogP contribution in [0.15, 0.2) is 92.6 Å². The highest BCUT2D eigenvalue weighted by molar-refractivity contribution is 5.95. The van der Waals surface area contributed by atoms with Crippen LogP contribution in [0.1, 0.15) is 134 Å². The number of esters is 5. The van der Waals surface area contributed by atoms with E-state index in [0.29, 0.717) is 17.7 Å². The second kappa shape index (κ2) is 21.1. The van der Waals surface area contributed by atoms with Crippen LogP contribution in [-0.2, 0) is 28.6 Å². The van der Waals surface area contributed by atoms with Crippen molar-refractivity contribution in [3.8, 4) is 28.7 Å². The van der Waals surface area contributed by atoms with Crippen LogP contribution >= 0.6 is 0 Å². The Kier molecular flexibility index (Phi) is 17.1. The molecule has 0 heterocycles. The van der Waals surface area contributed by atoms with Crippen molar-refractivity contribution >= 4 is 36.1 Å². The van der Waals surface area contributed by atoms with E-state index in [1.165, 1.54) is 24.3 Å². The predicted molar refractivity (Wildman–Crippen MR) is 251 cm³/mol. The fourth-order valence-corrected chi connectivity index (χ4v) is 8.00. The fourth-order valence-electron chi connectivity index (χ4n) is 8.00. The molecule has 0 saturated carbocycles. The number of hydrogen-bond acceptors (Lipinski definition) is 14. The monoisotopic (exact) mass is 911 g/mol. The van der Waals surface area contributed by atoms with Crippen LogP contribution in [0.2, 0.25) is 0 Å². The molecule has 0 aliphatic rings. The Balaban J connectivity index is 1.88. The molecule has 0 atom stereocenters. The summed E-state index contributed by atoms with van der Waals surface area (Å²) in [4.78, 5) is 63.1. The molecule has 14 heteroatoms. The van der Waals surface area contributed by atoms with E-state index in [-0.39, 0.29) is 52.5 Å². The molecule has 0 amide bonds. The molecule has 0 aliphatic carbocycles. The number of benzene rings is 3. The molecule has 66 heavy (non-hydrogen) atoms. The summed E-state index contributed by atoms with van der Waals surface area (Å²) in [6, 6.07) is 13.8. The zero-order chi connectivity index (χ0) is 50.1. The van der Waals surface area contributed by atoms with Gasteiger partial charge in [-0.3, -0.25) is 0 Å². The molecule has 0 spiro atoms. The van der Waals surface area contributed by atoms with E-state index in [0.717, 1.165) is 24.4 Å². The van der Waals surface area contributed by atoms with Gasteiger partial charge in [0.2, 0.25) is 0 Å². The summed E-state index contributed by atoms with van der Waals surface area (Å²) in [6.45, 7) is 33.5. The maximum atomic E-state index is 13.9. The number of hydrogen-bond donors (Lipinski definition) is 1. The fraction of sp³-hybridized carbons (Fsp3) is 0.423. The highest BCUT2D eigenvalue weighted by Gasteiger charge is 2.37. The number of carbonyl (C=O) groups is 5. The van der Waals surface area contributed by atoms with E-state index in [2.05, 4.69) is 19.7 Å². The predicted octanol–water partition coefficient (Wildman–Crippen LogP) is 10.6. The lowest BCUT2D eigenvalue weighted by atomic mass is 9.91. The lowest BCUT2D eigenvalue weighted by Crippen LogP contribution is -2.41. The summed E-state index contributed by atoms with van der Waals surface area (Å²) >= 11 is 0. The standard InChI is InChI=1S/C52H65NO13/c1-17-41(54)64-50(11,12)30-47(5,6)61-37-23-20-34(21-24-37)45(57)59-38-26-33(4)44(36(27-38)29-53)60-46(58)35-22-25-39(62-48(7,8)31-51(13,14)65-42(55)18-2)40(28-35)63-49(9,10)32-52(15,16)66-43(56)19-3/h17-29,53H,1-3,30-32H2,4-16H3. The van der Waals surface area contributed by atoms with Crippen LogP contribution in [0.4, 0.5) is 0 Å². The van der Waals surface area contributed by atoms with Crippen LogP contribution in [0, 0.1) is 12.3 Å². The molecule has 0 radical (unpaired) electrons. The largest absolute Gasteiger partial charge is 0.488 e. The Morgan fingerprint density at radius 2 is 0.909 bits per heavy atom. The molecule has 3 rings (SSSR count). The summed E-state index contributed by atoms with van der Waals surface area (Å²) in [5.41, 5.74) is -4.57. The molecule has 0 fully saturated rings. The molecule has 0 bridgehead atoms. The Bertz CT molecular complexity index is 2330. The number of nitrogens with one attached hydrogen (secondary N) is 1. The van der Waals surface area contributed by atoms with E-state index in [1.54, 1.807) is 92.6 Å². The third-order valence-corrected chi connectivity index (χ3v) is 9.46. The van der Waals surface area contributed by atoms with Gasteiger partial charge in [0.15, 0.2) is 11.5 Å². The van der Waals surface area contributed by atoms with Crippen molar-refractivity contribution in [1.82, 2.24) is 0 Å². The molecule has 356 valence electrons. The molecular formula is C52H65NO13. The zero-order valence-corrected chi connectivity index (χ0v) is 40.6. The van der Waals surface area contributed by atoms with Gasteiger partial charge in [0.25, 0.3) is 0 Å². The molecule has 0 saturated heterocycles. The van der Waals surface area contributed by atoms with Gasteiger partial charge >= 0.3 is 29.8 Å². The first-order chi connectivity index (χ1) is 30.3. The van der Waals surface area contributed by atoms with E-state index in [1.807, 2.05) is 27.7 Å².